The first-order chi connectivity index (χ1) is 18.7. The molecule has 0 saturated heterocycles. The number of anilines is 1. The molecule has 0 amide bonds. The van der Waals surface area contributed by atoms with Crippen LogP contribution in [-0.4, -0.2) is 20.7 Å². The summed E-state index contributed by atoms with van der Waals surface area (Å²) in [6, 6.07) is 11.9. The van der Waals surface area contributed by atoms with Gasteiger partial charge < -0.3 is 16.0 Å². The minimum atomic E-state index is -0.296. The fourth-order valence-electron chi connectivity index (χ4n) is 4.42. The van der Waals surface area contributed by atoms with Gasteiger partial charge in [0.1, 0.15) is 17.3 Å². The maximum atomic E-state index is 13.5. The smallest absolute Gasteiger partial charge is 0.138 e. The number of fused-ring (bicyclic) bond motifs is 1. The van der Waals surface area contributed by atoms with Gasteiger partial charge in [0.2, 0.25) is 0 Å². The van der Waals surface area contributed by atoms with Crippen molar-refractivity contribution in [1.29, 1.82) is 5.41 Å². The minimum absolute atomic E-state index is 0.191. The number of nitrogens with two attached hydrogens (primary N) is 1. The van der Waals surface area contributed by atoms with Crippen LogP contribution in [0.4, 0.5) is 10.2 Å². The van der Waals surface area contributed by atoms with Crippen molar-refractivity contribution in [3.05, 3.63) is 120 Å². The van der Waals surface area contributed by atoms with Gasteiger partial charge in [-0.1, -0.05) is 45.2 Å². The lowest BCUT2D eigenvalue weighted by Gasteiger charge is -2.14. The Morgan fingerprint density at radius 2 is 1.92 bits per heavy atom. The predicted octanol–water partition coefficient (Wildman–Crippen LogP) is 7.38. The number of halogens is 1. The average molecular weight is 521 g/mol. The number of nitrogens with zero attached hydrogens (tertiary/aromatic N) is 2. The molecular formula is C32H33FN6. The zero-order chi connectivity index (χ0) is 28.1. The van der Waals surface area contributed by atoms with Crippen LogP contribution in [0.5, 0.6) is 0 Å². The van der Waals surface area contributed by atoms with E-state index in [0.29, 0.717) is 22.8 Å². The number of nitrogens with one attached hydrogen (secondary N) is 3. The van der Waals surface area contributed by atoms with Crippen LogP contribution in [0, 0.1) is 17.1 Å². The zero-order valence-corrected chi connectivity index (χ0v) is 22.5. The Morgan fingerprint density at radius 1 is 1.18 bits per heavy atom. The first-order valence-electron chi connectivity index (χ1n) is 12.7. The highest BCUT2D eigenvalue weighted by Crippen LogP contribution is 2.30. The standard InChI is InChI=1S/C32H33FN6/c1-6-21(15-25(7-2)38-20(5)14-19(3)4)23-16-28(31(35)37-18-23)30(34)29-17-27-26(12-13-36-32(27)39-29)22-8-10-24(33)11-9-22/h6-13,15-19,34,38H,2,5,14H2,1,3-4H3,(H2,35,37)(H,36,39)/b21-6+,25-15+,34-30?. The van der Waals surface area contributed by atoms with Crippen LogP contribution in [0.3, 0.4) is 0 Å². The molecule has 0 radical (unpaired) electrons. The van der Waals surface area contributed by atoms with Crippen LogP contribution in [0.2, 0.25) is 0 Å². The molecule has 0 atom stereocenters. The van der Waals surface area contributed by atoms with Crippen LogP contribution in [0.15, 0.2) is 97.6 Å². The maximum Gasteiger partial charge on any atom is 0.138 e. The molecule has 7 heteroatoms. The number of rotatable bonds is 10. The highest BCUT2D eigenvalue weighted by Gasteiger charge is 2.16. The summed E-state index contributed by atoms with van der Waals surface area (Å²) in [4.78, 5) is 12.1. The molecule has 1 aromatic carbocycles. The van der Waals surface area contributed by atoms with Gasteiger partial charge in [-0.3, -0.25) is 5.41 Å². The minimum Gasteiger partial charge on any atom is -0.383 e. The molecule has 0 unspecified atom stereocenters. The van der Waals surface area contributed by atoms with E-state index in [0.717, 1.165) is 45.5 Å². The van der Waals surface area contributed by atoms with E-state index < -0.39 is 0 Å². The van der Waals surface area contributed by atoms with Crippen molar-refractivity contribution >= 4 is 28.1 Å². The number of hydrogen-bond donors (Lipinski definition) is 4. The van der Waals surface area contributed by atoms with Gasteiger partial charge in [-0.05, 0) is 78.4 Å². The van der Waals surface area contributed by atoms with Crippen LogP contribution in [-0.2, 0) is 0 Å². The van der Waals surface area contributed by atoms with E-state index in [2.05, 4.69) is 47.3 Å². The Balaban J connectivity index is 1.68. The summed E-state index contributed by atoms with van der Waals surface area (Å²) < 4.78 is 13.5. The van der Waals surface area contributed by atoms with E-state index in [-0.39, 0.29) is 17.3 Å². The summed E-state index contributed by atoms with van der Waals surface area (Å²) in [6.07, 6.45) is 9.93. The number of pyridine rings is 2. The number of benzene rings is 1. The van der Waals surface area contributed by atoms with Crippen molar-refractivity contribution in [2.75, 3.05) is 5.73 Å². The van der Waals surface area contributed by atoms with Gasteiger partial charge in [0, 0.05) is 40.3 Å². The molecule has 0 aliphatic carbocycles. The SMILES string of the molecule is C=C/C(=C\C(=C/C)c1cnc(N)c(C(=N)c2cc3c(-c4ccc(F)cc4)ccnc3[nH]2)c1)NC(=C)CC(C)C. The van der Waals surface area contributed by atoms with E-state index >= 15 is 0 Å². The predicted molar refractivity (Wildman–Crippen MR) is 160 cm³/mol. The van der Waals surface area contributed by atoms with Gasteiger partial charge in [-0.2, -0.15) is 0 Å². The fourth-order valence-corrected chi connectivity index (χ4v) is 4.42. The lowest BCUT2D eigenvalue weighted by atomic mass is 10.00. The van der Waals surface area contributed by atoms with Gasteiger partial charge in [0.25, 0.3) is 0 Å². The summed E-state index contributed by atoms with van der Waals surface area (Å²) in [7, 11) is 0. The molecule has 39 heavy (non-hydrogen) atoms. The van der Waals surface area contributed by atoms with Crippen molar-refractivity contribution < 1.29 is 4.39 Å². The number of aromatic amines is 1. The number of nitrogen functional groups attached to an aromatic ring is 1. The highest BCUT2D eigenvalue weighted by molar-refractivity contribution is 6.15. The van der Waals surface area contributed by atoms with Crippen molar-refractivity contribution in [3.8, 4) is 11.1 Å². The Morgan fingerprint density at radius 3 is 2.59 bits per heavy atom. The summed E-state index contributed by atoms with van der Waals surface area (Å²) in [6.45, 7) is 14.3. The second kappa shape index (κ2) is 11.7. The van der Waals surface area contributed by atoms with Crippen LogP contribution in [0.1, 0.15) is 44.0 Å². The molecule has 5 N–H and O–H groups in total. The van der Waals surface area contributed by atoms with Gasteiger partial charge in [0.05, 0.1) is 11.4 Å². The molecule has 3 aromatic heterocycles. The molecule has 3 heterocycles. The van der Waals surface area contributed by atoms with Gasteiger partial charge in [-0.15, -0.1) is 0 Å². The third-order valence-corrected chi connectivity index (χ3v) is 6.30. The summed E-state index contributed by atoms with van der Waals surface area (Å²) in [5, 5.41) is 13.1. The molecule has 0 aliphatic rings. The van der Waals surface area contributed by atoms with E-state index in [9.17, 15) is 4.39 Å². The number of H-pyrrole nitrogens is 1. The number of hydrogen-bond acceptors (Lipinski definition) is 5. The van der Waals surface area contributed by atoms with Crippen LogP contribution >= 0.6 is 0 Å². The zero-order valence-electron chi connectivity index (χ0n) is 22.5. The Hall–Kier alpha value is -4.78. The monoisotopic (exact) mass is 520 g/mol. The first-order valence-corrected chi connectivity index (χ1v) is 12.7. The second-order valence-corrected chi connectivity index (χ2v) is 9.72. The van der Waals surface area contributed by atoms with Crippen molar-refractivity contribution in [3.63, 3.8) is 0 Å². The summed E-state index contributed by atoms with van der Waals surface area (Å²) in [5.74, 6) is 0.440. The molecule has 0 aliphatic heterocycles. The molecular weight excluding hydrogens is 487 g/mol. The van der Waals surface area contributed by atoms with E-state index in [4.69, 9.17) is 11.1 Å². The summed E-state index contributed by atoms with van der Waals surface area (Å²) >= 11 is 0. The van der Waals surface area contributed by atoms with E-state index in [1.807, 2.05) is 37.3 Å². The fraction of sp³-hybridized carbons (Fsp3) is 0.156. The van der Waals surface area contributed by atoms with Crippen molar-refractivity contribution in [1.82, 2.24) is 20.3 Å². The van der Waals surface area contributed by atoms with Gasteiger partial charge in [-0.25, -0.2) is 14.4 Å². The van der Waals surface area contributed by atoms with Crippen LogP contribution in [0.25, 0.3) is 27.7 Å². The molecule has 198 valence electrons. The van der Waals surface area contributed by atoms with E-state index in [1.165, 1.54) is 12.1 Å². The normalized spacial score (nSPS) is 12.1. The Labute approximate surface area is 228 Å². The number of aromatic nitrogens is 3. The molecule has 0 spiro atoms. The quantitative estimate of drug-likeness (QED) is 0.129. The molecule has 0 fully saturated rings. The lowest BCUT2D eigenvalue weighted by molar-refractivity contribution is 0.622. The van der Waals surface area contributed by atoms with Gasteiger partial charge >= 0.3 is 0 Å². The Kier molecular flexibility index (Phi) is 8.20. The van der Waals surface area contributed by atoms with E-state index in [1.54, 1.807) is 30.6 Å². The molecule has 0 bridgehead atoms. The maximum absolute atomic E-state index is 13.5. The van der Waals surface area contributed by atoms with Crippen molar-refractivity contribution in [2.24, 2.45) is 5.92 Å². The largest absolute Gasteiger partial charge is 0.383 e. The highest BCUT2D eigenvalue weighted by atomic mass is 19.1. The lowest BCUT2D eigenvalue weighted by Crippen LogP contribution is -2.12. The first kappa shape index (κ1) is 27.3. The van der Waals surface area contributed by atoms with Crippen molar-refractivity contribution in [2.45, 2.75) is 27.2 Å². The Bertz CT molecular complexity index is 1610. The third-order valence-electron chi connectivity index (χ3n) is 6.30. The average Bonchev–Trinajstić information content (AvgIpc) is 3.36. The molecule has 0 saturated carbocycles. The molecule has 4 aromatic rings. The topological polar surface area (TPSA) is 103 Å². The molecule has 6 nitrogen and oxygen atoms in total. The van der Waals surface area contributed by atoms with Gasteiger partial charge in [0.15, 0.2) is 0 Å². The summed E-state index contributed by atoms with van der Waals surface area (Å²) in [5.41, 5.74) is 13.3. The second-order valence-electron chi connectivity index (χ2n) is 9.72. The van der Waals surface area contributed by atoms with Crippen LogP contribution < -0.4 is 11.1 Å². The number of allylic oxidation sites excluding steroid dienone is 5. The third kappa shape index (κ3) is 6.21. The molecule has 4 rings (SSSR count).